The Morgan fingerprint density at radius 1 is 1.04 bits per heavy atom. The molecule has 2 aromatic carbocycles. The first-order chi connectivity index (χ1) is 13.3. The second-order valence-electron chi connectivity index (χ2n) is 6.10. The summed E-state index contributed by atoms with van der Waals surface area (Å²) in [6.07, 6.45) is 4.22. The molecule has 0 aliphatic heterocycles. The van der Waals surface area contributed by atoms with E-state index in [1.807, 2.05) is 0 Å². The number of hydrogen-bond acceptors (Lipinski definition) is 4. The maximum absolute atomic E-state index is 12.3. The quantitative estimate of drug-likeness (QED) is 0.661. The van der Waals surface area contributed by atoms with Crippen molar-refractivity contribution in [2.75, 3.05) is 15.9 Å². The zero-order valence-corrected chi connectivity index (χ0v) is 16.6. The number of carbonyl (C=O) groups excluding carboxylic acids is 1. The van der Waals surface area contributed by atoms with Crippen molar-refractivity contribution in [1.29, 1.82) is 0 Å². The molecule has 1 N–H and O–H groups in total. The van der Waals surface area contributed by atoms with Gasteiger partial charge >= 0.3 is 0 Å². The van der Waals surface area contributed by atoms with Crippen LogP contribution in [-0.2, 0) is 16.6 Å². The minimum Gasteiger partial charge on any atom is -0.322 e. The maximum Gasteiger partial charge on any atom is 0.255 e. The summed E-state index contributed by atoms with van der Waals surface area (Å²) >= 11 is 6.17. The fourth-order valence-corrected chi connectivity index (χ4v) is 3.67. The highest BCUT2D eigenvalue weighted by Gasteiger charge is 2.19. The Bertz CT molecular complexity index is 1070. The molecule has 1 amide bonds. The van der Waals surface area contributed by atoms with Gasteiger partial charge in [0.2, 0.25) is 10.0 Å². The number of hydrogen-bond donors (Lipinski definition) is 1. The highest BCUT2D eigenvalue weighted by molar-refractivity contribution is 7.92. The summed E-state index contributed by atoms with van der Waals surface area (Å²) in [4.78, 5) is 16.1. The van der Waals surface area contributed by atoms with Crippen molar-refractivity contribution in [3.8, 4) is 0 Å². The first-order valence-electron chi connectivity index (χ1n) is 8.37. The van der Waals surface area contributed by atoms with Crippen molar-refractivity contribution in [3.05, 3.63) is 89.2 Å². The van der Waals surface area contributed by atoms with E-state index in [-0.39, 0.29) is 12.5 Å². The SMILES string of the molecule is CS(=O)(=O)N(Cc1ccccc1Cl)c1ccc(NC(=O)c2ccncc2)cc1. The van der Waals surface area contributed by atoms with Crippen LogP contribution in [0.5, 0.6) is 0 Å². The predicted molar refractivity (Wildman–Crippen MR) is 111 cm³/mol. The van der Waals surface area contributed by atoms with Gasteiger partial charge in [0.25, 0.3) is 5.91 Å². The zero-order chi connectivity index (χ0) is 20.1. The van der Waals surface area contributed by atoms with Crippen LogP contribution in [0.15, 0.2) is 73.1 Å². The molecule has 3 rings (SSSR count). The highest BCUT2D eigenvalue weighted by atomic mass is 35.5. The second kappa shape index (κ2) is 8.41. The zero-order valence-electron chi connectivity index (χ0n) is 15.0. The number of anilines is 2. The van der Waals surface area contributed by atoms with Gasteiger partial charge in [-0.25, -0.2) is 8.42 Å². The third-order valence-corrected chi connectivity index (χ3v) is 5.54. The average molecular weight is 416 g/mol. The van der Waals surface area contributed by atoms with Crippen LogP contribution < -0.4 is 9.62 Å². The Hall–Kier alpha value is -2.90. The van der Waals surface area contributed by atoms with Crippen LogP contribution >= 0.6 is 11.6 Å². The molecule has 144 valence electrons. The van der Waals surface area contributed by atoms with Gasteiger partial charge in [-0.15, -0.1) is 0 Å². The Balaban J connectivity index is 1.81. The molecule has 0 unspecified atom stereocenters. The number of nitrogens with zero attached hydrogens (tertiary/aromatic N) is 2. The van der Waals surface area contributed by atoms with Gasteiger partial charge in [-0.05, 0) is 48.0 Å². The number of rotatable bonds is 6. The summed E-state index contributed by atoms with van der Waals surface area (Å²) in [5.74, 6) is -0.272. The summed E-state index contributed by atoms with van der Waals surface area (Å²) in [6, 6.07) is 16.9. The van der Waals surface area contributed by atoms with Crippen LogP contribution in [0.3, 0.4) is 0 Å². The van der Waals surface area contributed by atoms with Gasteiger partial charge in [0.15, 0.2) is 0 Å². The van der Waals surface area contributed by atoms with E-state index >= 15 is 0 Å². The standard InChI is InChI=1S/C20H18ClN3O3S/c1-28(26,27)24(14-16-4-2-3-5-19(16)21)18-8-6-17(7-9-18)23-20(25)15-10-12-22-13-11-15/h2-13H,14H2,1H3,(H,23,25). The Morgan fingerprint density at radius 3 is 2.29 bits per heavy atom. The van der Waals surface area contributed by atoms with Gasteiger partial charge in [-0.1, -0.05) is 29.8 Å². The topological polar surface area (TPSA) is 79.4 Å². The Labute approximate surface area is 168 Å². The molecule has 0 radical (unpaired) electrons. The third kappa shape index (κ3) is 4.88. The van der Waals surface area contributed by atoms with Crippen LogP contribution in [0.1, 0.15) is 15.9 Å². The molecule has 1 aromatic heterocycles. The summed E-state index contributed by atoms with van der Waals surface area (Å²) < 4.78 is 25.9. The molecule has 0 aliphatic rings. The maximum atomic E-state index is 12.3. The molecule has 0 saturated heterocycles. The van der Waals surface area contributed by atoms with Gasteiger partial charge in [0, 0.05) is 28.7 Å². The Morgan fingerprint density at radius 2 is 1.68 bits per heavy atom. The molecule has 6 nitrogen and oxygen atoms in total. The van der Waals surface area contributed by atoms with Gasteiger partial charge in [0.1, 0.15) is 0 Å². The van der Waals surface area contributed by atoms with Crippen molar-refractivity contribution in [1.82, 2.24) is 4.98 Å². The Kier molecular flexibility index (Phi) is 5.96. The van der Waals surface area contributed by atoms with E-state index in [0.29, 0.717) is 27.5 Å². The number of halogens is 1. The van der Waals surface area contributed by atoms with E-state index in [1.165, 1.54) is 16.7 Å². The van der Waals surface area contributed by atoms with Crippen molar-refractivity contribution >= 4 is 38.9 Å². The van der Waals surface area contributed by atoms with Gasteiger partial charge in [-0.3, -0.25) is 14.1 Å². The monoisotopic (exact) mass is 415 g/mol. The summed E-state index contributed by atoms with van der Waals surface area (Å²) in [5.41, 5.74) is 2.21. The van der Waals surface area contributed by atoms with Crippen LogP contribution in [-0.4, -0.2) is 25.6 Å². The lowest BCUT2D eigenvalue weighted by Gasteiger charge is -2.23. The van der Waals surface area contributed by atoms with E-state index in [0.717, 1.165) is 6.26 Å². The van der Waals surface area contributed by atoms with Crippen LogP contribution in [0, 0.1) is 0 Å². The molecule has 0 bridgehead atoms. The van der Waals surface area contributed by atoms with E-state index in [9.17, 15) is 13.2 Å². The molecule has 0 fully saturated rings. The first-order valence-corrected chi connectivity index (χ1v) is 10.6. The number of pyridine rings is 1. The van der Waals surface area contributed by atoms with E-state index < -0.39 is 10.0 Å². The molecule has 0 aliphatic carbocycles. The van der Waals surface area contributed by atoms with Gasteiger partial charge < -0.3 is 5.32 Å². The number of nitrogens with one attached hydrogen (secondary N) is 1. The minimum atomic E-state index is -3.53. The molecule has 8 heteroatoms. The van der Waals surface area contributed by atoms with E-state index in [2.05, 4.69) is 10.3 Å². The normalized spacial score (nSPS) is 11.1. The summed E-state index contributed by atoms with van der Waals surface area (Å²) in [7, 11) is -3.53. The lowest BCUT2D eigenvalue weighted by molar-refractivity contribution is 0.102. The number of benzene rings is 2. The number of sulfonamides is 1. The fourth-order valence-electron chi connectivity index (χ4n) is 2.60. The lowest BCUT2D eigenvalue weighted by Crippen LogP contribution is -2.29. The third-order valence-electron chi connectivity index (χ3n) is 4.03. The van der Waals surface area contributed by atoms with Gasteiger partial charge in [0.05, 0.1) is 18.5 Å². The summed E-state index contributed by atoms with van der Waals surface area (Å²) in [6.45, 7) is 0.112. The van der Waals surface area contributed by atoms with Crippen molar-refractivity contribution in [2.24, 2.45) is 0 Å². The smallest absolute Gasteiger partial charge is 0.255 e. The minimum absolute atomic E-state index is 0.112. The predicted octanol–water partition coefficient (Wildman–Crippen LogP) is 3.95. The van der Waals surface area contributed by atoms with E-state index in [4.69, 9.17) is 11.6 Å². The average Bonchev–Trinajstić information content (AvgIpc) is 2.68. The molecular weight excluding hydrogens is 398 g/mol. The molecular formula is C20H18ClN3O3S. The van der Waals surface area contributed by atoms with Gasteiger partial charge in [-0.2, -0.15) is 0 Å². The summed E-state index contributed by atoms with van der Waals surface area (Å²) in [5, 5.41) is 3.26. The number of amides is 1. The van der Waals surface area contributed by atoms with Crippen LogP contribution in [0.2, 0.25) is 5.02 Å². The molecule has 28 heavy (non-hydrogen) atoms. The fraction of sp³-hybridized carbons (Fsp3) is 0.100. The van der Waals surface area contributed by atoms with Crippen molar-refractivity contribution in [2.45, 2.75) is 6.54 Å². The van der Waals surface area contributed by atoms with Crippen LogP contribution in [0.4, 0.5) is 11.4 Å². The largest absolute Gasteiger partial charge is 0.322 e. The van der Waals surface area contributed by atoms with Crippen LogP contribution in [0.25, 0.3) is 0 Å². The molecule has 0 saturated carbocycles. The molecule has 0 atom stereocenters. The van der Waals surface area contributed by atoms with E-state index in [1.54, 1.807) is 60.7 Å². The number of carbonyl (C=O) groups is 1. The highest BCUT2D eigenvalue weighted by Crippen LogP contribution is 2.25. The number of aromatic nitrogens is 1. The van der Waals surface area contributed by atoms with Crippen molar-refractivity contribution in [3.63, 3.8) is 0 Å². The lowest BCUT2D eigenvalue weighted by atomic mass is 10.2. The first kappa shape index (κ1) is 19.9. The van der Waals surface area contributed by atoms with Crippen molar-refractivity contribution < 1.29 is 13.2 Å². The second-order valence-corrected chi connectivity index (χ2v) is 8.41. The molecule has 1 heterocycles. The molecule has 0 spiro atoms. The molecule has 3 aromatic rings.